The van der Waals surface area contributed by atoms with Crippen molar-refractivity contribution in [1.82, 2.24) is 8.61 Å². The molecule has 6 nitrogen and oxygen atoms in total. The van der Waals surface area contributed by atoms with E-state index in [1.54, 1.807) is 30.3 Å². The van der Waals surface area contributed by atoms with Crippen molar-refractivity contribution in [3.8, 4) is 0 Å². The van der Waals surface area contributed by atoms with Crippen LogP contribution in [-0.2, 0) is 20.0 Å². The first-order valence-corrected chi connectivity index (χ1v) is 11.5. The number of nitrogens with zero attached hydrogens (tertiary/aromatic N) is 2. The first-order valence-electron chi connectivity index (χ1n) is 8.59. The molecule has 0 unspecified atom stereocenters. The summed E-state index contributed by atoms with van der Waals surface area (Å²) in [4.78, 5) is 0.230. The topological polar surface area (TPSA) is 74.8 Å². The Morgan fingerprint density at radius 2 is 1.33 bits per heavy atom. The highest BCUT2D eigenvalue weighted by Gasteiger charge is 2.31. The maximum absolute atomic E-state index is 12.7. The molecule has 0 amide bonds. The molecule has 0 atom stereocenters. The van der Waals surface area contributed by atoms with E-state index in [4.69, 9.17) is 0 Å². The summed E-state index contributed by atoms with van der Waals surface area (Å²) in [6.45, 7) is 2.42. The van der Waals surface area contributed by atoms with E-state index < -0.39 is 20.0 Å². The molecule has 0 saturated carbocycles. The zero-order chi connectivity index (χ0) is 19.5. The van der Waals surface area contributed by atoms with Crippen molar-refractivity contribution in [2.45, 2.75) is 11.8 Å². The van der Waals surface area contributed by atoms with Gasteiger partial charge in [-0.15, -0.1) is 0 Å². The summed E-state index contributed by atoms with van der Waals surface area (Å²) in [7, 11) is -7.20. The van der Waals surface area contributed by atoms with Crippen LogP contribution in [0.25, 0.3) is 6.08 Å². The molecule has 0 aliphatic carbocycles. The molecule has 1 fully saturated rings. The maximum atomic E-state index is 12.7. The molecule has 1 heterocycles. The van der Waals surface area contributed by atoms with Crippen molar-refractivity contribution < 1.29 is 16.8 Å². The van der Waals surface area contributed by atoms with Crippen molar-refractivity contribution in [2.24, 2.45) is 0 Å². The van der Waals surface area contributed by atoms with Crippen LogP contribution in [-0.4, -0.2) is 51.6 Å². The summed E-state index contributed by atoms with van der Waals surface area (Å²) < 4.78 is 53.1. The second kappa shape index (κ2) is 7.93. The van der Waals surface area contributed by atoms with Gasteiger partial charge < -0.3 is 0 Å². The predicted molar refractivity (Wildman–Crippen MR) is 106 cm³/mol. The largest absolute Gasteiger partial charge is 0.243 e. The van der Waals surface area contributed by atoms with Gasteiger partial charge in [-0.1, -0.05) is 48.0 Å². The summed E-state index contributed by atoms with van der Waals surface area (Å²) in [6, 6.07) is 15.8. The minimum absolute atomic E-state index is 0.132. The maximum Gasteiger partial charge on any atom is 0.243 e. The lowest BCUT2D eigenvalue weighted by Gasteiger charge is -2.32. The number of hydrogen-bond donors (Lipinski definition) is 0. The van der Waals surface area contributed by atoms with E-state index in [2.05, 4.69) is 0 Å². The zero-order valence-electron chi connectivity index (χ0n) is 15.0. The minimum Gasteiger partial charge on any atom is -0.208 e. The highest BCUT2D eigenvalue weighted by molar-refractivity contribution is 7.92. The second-order valence-electron chi connectivity index (χ2n) is 6.37. The average molecular weight is 407 g/mol. The standard InChI is InChI=1S/C19H22N2O4S2/c1-17-7-9-19(10-8-17)27(24,25)21-14-12-20(13-15-21)26(22,23)16-11-18-5-3-2-4-6-18/h2-11,16H,12-15H2,1H3. The van der Waals surface area contributed by atoms with Crippen LogP contribution in [0.5, 0.6) is 0 Å². The summed E-state index contributed by atoms with van der Waals surface area (Å²) in [5.41, 5.74) is 1.77. The second-order valence-corrected chi connectivity index (χ2v) is 10.1. The molecule has 27 heavy (non-hydrogen) atoms. The van der Waals surface area contributed by atoms with Gasteiger partial charge in [-0.25, -0.2) is 16.8 Å². The van der Waals surface area contributed by atoms with Crippen molar-refractivity contribution in [2.75, 3.05) is 26.2 Å². The Balaban J connectivity index is 1.67. The normalized spacial score (nSPS) is 17.4. The summed E-state index contributed by atoms with van der Waals surface area (Å²) >= 11 is 0. The molecule has 3 rings (SSSR count). The Morgan fingerprint density at radius 1 is 0.778 bits per heavy atom. The van der Waals surface area contributed by atoms with Gasteiger partial charge in [0.15, 0.2) is 0 Å². The lowest BCUT2D eigenvalue weighted by atomic mass is 10.2. The first kappa shape index (κ1) is 19.8. The molecule has 1 aliphatic heterocycles. The van der Waals surface area contributed by atoms with Crippen LogP contribution < -0.4 is 0 Å². The summed E-state index contributed by atoms with van der Waals surface area (Å²) in [5.74, 6) is 0. The molecule has 0 aromatic heterocycles. The molecule has 2 aromatic rings. The van der Waals surface area contributed by atoms with Crippen LogP contribution in [0.15, 0.2) is 64.9 Å². The van der Waals surface area contributed by atoms with Crippen LogP contribution in [0.1, 0.15) is 11.1 Å². The van der Waals surface area contributed by atoms with Gasteiger partial charge in [0.05, 0.1) is 4.90 Å². The third-order valence-corrected chi connectivity index (χ3v) is 7.93. The molecule has 0 spiro atoms. The van der Waals surface area contributed by atoms with E-state index >= 15 is 0 Å². The van der Waals surface area contributed by atoms with E-state index in [1.807, 2.05) is 37.3 Å². The molecule has 2 aromatic carbocycles. The Bertz CT molecular complexity index is 1010. The van der Waals surface area contributed by atoms with Crippen LogP contribution in [0.4, 0.5) is 0 Å². The fraction of sp³-hybridized carbons (Fsp3) is 0.263. The number of hydrogen-bond acceptors (Lipinski definition) is 4. The van der Waals surface area contributed by atoms with Crippen molar-refractivity contribution >= 4 is 26.1 Å². The van der Waals surface area contributed by atoms with Crippen LogP contribution in [0.3, 0.4) is 0 Å². The van der Waals surface area contributed by atoms with E-state index in [1.165, 1.54) is 14.0 Å². The van der Waals surface area contributed by atoms with E-state index in [0.717, 1.165) is 11.1 Å². The Morgan fingerprint density at radius 3 is 1.93 bits per heavy atom. The van der Waals surface area contributed by atoms with Crippen molar-refractivity contribution in [3.05, 3.63) is 71.1 Å². The summed E-state index contributed by atoms with van der Waals surface area (Å²) in [6.07, 6.45) is 1.55. The van der Waals surface area contributed by atoms with Gasteiger partial charge in [0.2, 0.25) is 20.0 Å². The number of piperazine rings is 1. The van der Waals surface area contributed by atoms with E-state index in [9.17, 15) is 16.8 Å². The average Bonchev–Trinajstić information content (AvgIpc) is 2.68. The van der Waals surface area contributed by atoms with E-state index in [0.29, 0.717) is 0 Å². The highest BCUT2D eigenvalue weighted by atomic mass is 32.2. The van der Waals surface area contributed by atoms with Gasteiger partial charge in [-0.05, 0) is 30.7 Å². The zero-order valence-corrected chi connectivity index (χ0v) is 16.7. The fourth-order valence-electron chi connectivity index (χ4n) is 2.84. The van der Waals surface area contributed by atoms with Gasteiger partial charge in [0.25, 0.3) is 0 Å². The number of sulfonamides is 2. The monoisotopic (exact) mass is 406 g/mol. The first-order chi connectivity index (χ1) is 12.8. The molecule has 0 bridgehead atoms. The Hall–Kier alpha value is -2.00. The van der Waals surface area contributed by atoms with Gasteiger partial charge >= 0.3 is 0 Å². The van der Waals surface area contributed by atoms with Gasteiger partial charge in [0.1, 0.15) is 0 Å². The quantitative estimate of drug-likeness (QED) is 0.764. The third-order valence-electron chi connectivity index (χ3n) is 4.45. The molecule has 0 radical (unpaired) electrons. The number of aryl methyl sites for hydroxylation is 1. The number of benzene rings is 2. The fourth-order valence-corrected chi connectivity index (χ4v) is 5.43. The van der Waals surface area contributed by atoms with Gasteiger partial charge in [0, 0.05) is 31.6 Å². The summed E-state index contributed by atoms with van der Waals surface area (Å²) in [5, 5.41) is 1.17. The van der Waals surface area contributed by atoms with E-state index in [-0.39, 0.29) is 31.1 Å². The molecule has 0 N–H and O–H groups in total. The van der Waals surface area contributed by atoms with Crippen molar-refractivity contribution in [1.29, 1.82) is 0 Å². The van der Waals surface area contributed by atoms with Crippen LogP contribution >= 0.6 is 0 Å². The lowest BCUT2D eigenvalue weighted by molar-refractivity contribution is 0.275. The van der Waals surface area contributed by atoms with Crippen LogP contribution in [0.2, 0.25) is 0 Å². The van der Waals surface area contributed by atoms with Gasteiger partial charge in [-0.2, -0.15) is 8.61 Å². The van der Waals surface area contributed by atoms with Crippen molar-refractivity contribution in [3.63, 3.8) is 0 Å². The Labute approximate surface area is 160 Å². The molecular formula is C19H22N2O4S2. The highest BCUT2D eigenvalue weighted by Crippen LogP contribution is 2.20. The Kier molecular flexibility index (Phi) is 5.81. The van der Waals surface area contributed by atoms with Crippen LogP contribution in [0, 0.1) is 6.92 Å². The predicted octanol–water partition coefficient (Wildman–Crippen LogP) is 2.30. The molecular weight excluding hydrogens is 384 g/mol. The lowest BCUT2D eigenvalue weighted by Crippen LogP contribution is -2.49. The number of rotatable bonds is 5. The third kappa shape index (κ3) is 4.65. The minimum atomic E-state index is -3.61. The molecule has 144 valence electrons. The molecule has 8 heteroatoms. The SMILES string of the molecule is Cc1ccc(S(=O)(=O)N2CCN(S(=O)(=O)C=Cc3ccccc3)CC2)cc1. The smallest absolute Gasteiger partial charge is 0.208 e. The molecule has 1 saturated heterocycles. The molecule has 1 aliphatic rings. The van der Waals surface area contributed by atoms with Gasteiger partial charge in [-0.3, -0.25) is 0 Å².